The molecular formula is C49H51IrN3SSi-2. The molecule has 5 aromatic carbocycles. The van der Waals surface area contributed by atoms with Crippen LogP contribution in [0.15, 0.2) is 109 Å². The van der Waals surface area contributed by atoms with Gasteiger partial charge in [-0.3, -0.25) is 4.98 Å². The molecule has 0 aliphatic rings. The number of nitrogens with zero attached hydrogens (tertiary/aromatic N) is 3. The molecule has 3 nitrogen and oxygen atoms in total. The van der Waals surface area contributed by atoms with Crippen LogP contribution in [-0.2, 0) is 20.1 Å². The van der Waals surface area contributed by atoms with Gasteiger partial charge in [0.15, 0.2) is 0 Å². The normalized spacial score (nSPS) is 13.3. The van der Waals surface area contributed by atoms with Crippen LogP contribution in [0.5, 0.6) is 0 Å². The number of imidazole rings is 1. The van der Waals surface area contributed by atoms with Crippen LogP contribution in [0.3, 0.4) is 0 Å². The second-order valence-electron chi connectivity index (χ2n) is 15.9. The van der Waals surface area contributed by atoms with Gasteiger partial charge >= 0.3 is 0 Å². The summed E-state index contributed by atoms with van der Waals surface area (Å²) < 4.78 is 35.7. The molecule has 6 heteroatoms. The Balaban J connectivity index is 0.000000208. The number of thiophene rings is 1. The monoisotopic (exact) mass is 938 g/mol. The standard InChI is InChI=1S/C31H27N2S.C18H24NSi.Ir/c1-19(2)21-12-9-13-22(20(3)4)29(21)33-27-17-7-6-16-26(27)32-31(33)25-15-10-14-24-23-11-5-8-18-28(23)34-30(24)25;1-13(2)16-11-17(15-9-7-14(3)8-10-15)19-12-18(16)20(4,5)6;/h5-14,16-20H,1-4H3;7-9,11-13H,1-6H3;/q2*-1;/i;3D3,13D;. The average Bonchev–Trinajstić information content (AvgIpc) is 3.75. The van der Waals surface area contributed by atoms with Crippen molar-refractivity contribution in [1.82, 2.24) is 14.5 Å². The number of hydrogen-bond donors (Lipinski definition) is 0. The summed E-state index contributed by atoms with van der Waals surface area (Å²) in [6.45, 7) is 17.5. The molecular weight excluding hydrogens is 883 g/mol. The van der Waals surface area contributed by atoms with Gasteiger partial charge in [-0.05, 0) is 68.0 Å². The topological polar surface area (TPSA) is 30.7 Å². The van der Waals surface area contributed by atoms with Crippen LogP contribution in [0.4, 0.5) is 0 Å². The van der Waals surface area contributed by atoms with Crippen LogP contribution in [0, 0.1) is 19.0 Å². The Kier molecular flexibility index (Phi) is 10.6. The number of fused-ring (bicyclic) bond motifs is 4. The third-order valence-electron chi connectivity index (χ3n) is 10.0. The summed E-state index contributed by atoms with van der Waals surface area (Å²) >= 11 is 1.83. The van der Waals surface area contributed by atoms with Crippen molar-refractivity contribution >= 4 is 55.8 Å². The van der Waals surface area contributed by atoms with Crippen LogP contribution >= 0.6 is 11.3 Å². The molecule has 0 saturated carbocycles. The van der Waals surface area contributed by atoms with E-state index in [4.69, 9.17) is 10.5 Å². The molecule has 8 rings (SSSR count). The predicted octanol–water partition coefficient (Wildman–Crippen LogP) is 13.6. The van der Waals surface area contributed by atoms with Crippen molar-refractivity contribution in [3.05, 3.63) is 144 Å². The Hall–Kier alpha value is -4.19. The molecule has 3 aromatic heterocycles. The molecule has 0 saturated heterocycles. The fourth-order valence-corrected chi connectivity index (χ4v) is 10.0. The van der Waals surface area contributed by atoms with Crippen molar-refractivity contribution in [3.63, 3.8) is 0 Å². The summed E-state index contributed by atoms with van der Waals surface area (Å²) in [6, 6.07) is 41.5. The number of hydrogen-bond acceptors (Lipinski definition) is 3. The molecule has 55 heavy (non-hydrogen) atoms. The van der Waals surface area contributed by atoms with E-state index in [0.717, 1.165) is 39.2 Å². The van der Waals surface area contributed by atoms with E-state index >= 15 is 0 Å². The molecule has 0 fully saturated rings. The number of rotatable bonds is 7. The number of benzene rings is 5. The molecule has 0 aliphatic heterocycles. The fraction of sp³-hybridized carbons (Fsp3) is 0.265. The van der Waals surface area contributed by atoms with Crippen LogP contribution in [-0.4, -0.2) is 22.6 Å². The van der Waals surface area contributed by atoms with Crippen molar-refractivity contribution in [3.8, 4) is 28.3 Å². The van der Waals surface area contributed by atoms with Crippen molar-refractivity contribution in [1.29, 1.82) is 0 Å². The van der Waals surface area contributed by atoms with E-state index in [2.05, 4.69) is 148 Å². The Labute approximate surface area is 351 Å². The summed E-state index contributed by atoms with van der Waals surface area (Å²) in [5, 5.41) is 3.76. The Morgan fingerprint density at radius 2 is 1.49 bits per heavy atom. The van der Waals surface area contributed by atoms with Gasteiger partial charge in [0.1, 0.15) is 0 Å². The van der Waals surface area contributed by atoms with E-state index in [-0.39, 0.29) is 25.7 Å². The van der Waals surface area contributed by atoms with Gasteiger partial charge in [0.2, 0.25) is 0 Å². The van der Waals surface area contributed by atoms with Gasteiger partial charge in [0.25, 0.3) is 0 Å². The third kappa shape index (κ3) is 8.06. The van der Waals surface area contributed by atoms with Gasteiger partial charge in [-0.1, -0.05) is 139 Å². The molecule has 0 unspecified atom stereocenters. The van der Waals surface area contributed by atoms with Gasteiger partial charge in [-0.15, -0.1) is 53.6 Å². The summed E-state index contributed by atoms with van der Waals surface area (Å²) in [4.78, 5) is 9.78. The second-order valence-corrected chi connectivity index (χ2v) is 22.0. The minimum atomic E-state index is -2.13. The van der Waals surface area contributed by atoms with E-state index in [1.807, 2.05) is 37.4 Å². The summed E-state index contributed by atoms with van der Waals surface area (Å²) in [6.07, 6.45) is 1.89. The first-order chi connectivity index (χ1) is 27.3. The quantitative estimate of drug-likeness (QED) is 0.118. The van der Waals surface area contributed by atoms with Gasteiger partial charge in [-0.2, -0.15) is 11.3 Å². The maximum absolute atomic E-state index is 8.48. The molecule has 0 aliphatic carbocycles. The van der Waals surface area contributed by atoms with Gasteiger partial charge in [0.05, 0.1) is 24.9 Å². The maximum Gasteiger partial charge on any atom is 0.0799 e. The minimum Gasteiger partial charge on any atom is -0.333 e. The molecule has 0 amide bonds. The molecule has 0 atom stereocenters. The predicted molar refractivity (Wildman–Crippen MR) is 237 cm³/mol. The first kappa shape index (κ1) is 35.2. The average molecular weight is 938 g/mol. The van der Waals surface area contributed by atoms with Crippen molar-refractivity contribution < 1.29 is 25.6 Å². The zero-order valence-electron chi connectivity index (χ0n) is 37.1. The first-order valence-electron chi connectivity index (χ1n) is 20.8. The number of para-hydroxylation sites is 3. The van der Waals surface area contributed by atoms with Gasteiger partial charge in [-0.25, -0.2) is 0 Å². The molecule has 8 aromatic rings. The number of aromatic nitrogens is 3. The van der Waals surface area contributed by atoms with Crippen LogP contribution in [0.25, 0.3) is 59.5 Å². The van der Waals surface area contributed by atoms with Crippen LogP contribution in [0.2, 0.25) is 19.6 Å². The Morgan fingerprint density at radius 1 is 0.782 bits per heavy atom. The SMILES string of the molecule is CC(C)c1cccc(C(C)C)c1-n1c(-c2[c-]ccc3c2sc2ccccc23)nc2ccccc21.[2H]C([2H])([2H])c1c[c-]c(-c2cc(C([2H])(C)C)c([Si](C)(C)C)cn2)cc1.[Ir]. The van der Waals surface area contributed by atoms with Crippen LogP contribution in [0.1, 0.15) is 87.0 Å². The second kappa shape index (κ2) is 16.5. The van der Waals surface area contributed by atoms with Crippen molar-refractivity contribution in [2.24, 2.45) is 0 Å². The zero-order valence-corrected chi connectivity index (χ0v) is 37.3. The van der Waals surface area contributed by atoms with Crippen LogP contribution < -0.4 is 5.19 Å². The minimum absolute atomic E-state index is 0. The first-order valence-corrected chi connectivity index (χ1v) is 23.1. The number of aryl methyl sites for hydroxylation is 1. The fourth-order valence-electron chi connectivity index (χ4n) is 7.24. The number of pyridine rings is 1. The van der Waals surface area contributed by atoms with Gasteiger partial charge in [0, 0.05) is 42.2 Å². The largest absolute Gasteiger partial charge is 0.333 e. The molecule has 1 radical (unpaired) electrons. The smallest absolute Gasteiger partial charge is 0.0799 e. The molecule has 0 spiro atoms. The van der Waals surface area contributed by atoms with E-state index < -0.39 is 20.8 Å². The van der Waals surface area contributed by atoms with E-state index in [1.165, 1.54) is 48.2 Å². The van der Waals surface area contributed by atoms with Crippen molar-refractivity contribution in [2.75, 3.05) is 0 Å². The molecule has 0 bridgehead atoms. The summed E-state index contributed by atoms with van der Waals surface area (Å²) in [7, 11) is -1.61. The van der Waals surface area contributed by atoms with Gasteiger partial charge < -0.3 is 9.55 Å². The Bertz CT molecular complexity index is 2730. The van der Waals surface area contributed by atoms with E-state index in [1.54, 1.807) is 12.1 Å². The van der Waals surface area contributed by atoms with E-state index in [9.17, 15) is 0 Å². The Morgan fingerprint density at radius 3 is 2.15 bits per heavy atom. The molecule has 283 valence electrons. The summed E-state index contributed by atoms with van der Waals surface area (Å²) in [5.41, 5.74) is 9.91. The van der Waals surface area contributed by atoms with E-state index in [0.29, 0.717) is 11.8 Å². The third-order valence-corrected chi connectivity index (χ3v) is 13.2. The zero-order chi connectivity index (χ0) is 41.7. The molecule has 3 heterocycles. The maximum atomic E-state index is 8.48. The summed E-state index contributed by atoms with van der Waals surface area (Å²) in [5.74, 6) is 1.04. The molecule has 0 N–H and O–H groups in total. The van der Waals surface area contributed by atoms with Crippen molar-refractivity contribution in [2.45, 2.75) is 85.8 Å².